The number of hydrogen-bond acceptors (Lipinski definition) is 1. The molecule has 0 bridgehead atoms. The van der Waals surface area contributed by atoms with Gasteiger partial charge in [-0.05, 0) is 19.9 Å². The van der Waals surface area contributed by atoms with Gasteiger partial charge < -0.3 is 5.32 Å². The zero-order chi connectivity index (χ0) is 7.28. The fraction of sp³-hybridized carbons (Fsp3) is 0.750. The number of nitrogens with one attached hydrogen (secondary N) is 1. The SMILES string of the molecule is CNC/C(C)=C/C(C)C. The lowest BCUT2D eigenvalue weighted by molar-refractivity contribution is 0.797. The van der Waals surface area contributed by atoms with Crippen LogP contribution in [0.5, 0.6) is 0 Å². The van der Waals surface area contributed by atoms with Crippen molar-refractivity contribution in [1.82, 2.24) is 5.32 Å². The van der Waals surface area contributed by atoms with E-state index < -0.39 is 0 Å². The van der Waals surface area contributed by atoms with Crippen LogP contribution in [0.15, 0.2) is 11.6 Å². The molecule has 0 unspecified atom stereocenters. The molecular weight excluding hydrogens is 110 g/mol. The van der Waals surface area contributed by atoms with E-state index in [0.29, 0.717) is 5.92 Å². The molecule has 9 heavy (non-hydrogen) atoms. The molecule has 0 aromatic rings. The van der Waals surface area contributed by atoms with E-state index in [4.69, 9.17) is 0 Å². The molecule has 0 fully saturated rings. The van der Waals surface area contributed by atoms with E-state index in [0.717, 1.165) is 6.54 Å². The smallest absolute Gasteiger partial charge is 0.0158 e. The Kier molecular flexibility index (Phi) is 4.41. The van der Waals surface area contributed by atoms with Crippen LogP contribution >= 0.6 is 0 Å². The third-order valence-corrected chi connectivity index (χ3v) is 1.07. The second-order valence-electron chi connectivity index (χ2n) is 2.79. The van der Waals surface area contributed by atoms with E-state index in [1.54, 1.807) is 0 Å². The normalized spacial score (nSPS) is 12.8. The second kappa shape index (κ2) is 4.57. The van der Waals surface area contributed by atoms with Crippen molar-refractivity contribution >= 4 is 0 Å². The van der Waals surface area contributed by atoms with Gasteiger partial charge in [0, 0.05) is 6.54 Å². The zero-order valence-electron chi connectivity index (χ0n) is 6.86. The number of likely N-dealkylation sites (N-methyl/N-ethyl adjacent to an activating group) is 1. The summed E-state index contributed by atoms with van der Waals surface area (Å²) >= 11 is 0. The predicted octanol–water partition coefficient (Wildman–Crippen LogP) is 1.81. The van der Waals surface area contributed by atoms with Crippen molar-refractivity contribution in [2.45, 2.75) is 20.8 Å². The highest BCUT2D eigenvalue weighted by Gasteiger charge is 1.88. The maximum atomic E-state index is 3.10. The van der Waals surface area contributed by atoms with Crippen molar-refractivity contribution in [2.24, 2.45) is 5.92 Å². The average molecular weight is 127 g/mol. The van der Waals surface area contributed by atoms with Crippen molar-refractivity contribution in [1.29, 1.82) is 0 Å². The highest BCUT2D eigenvalue weighted by molar-refractivity contribution is 5.00. The molecule has 0 spiro atoms. The summed E-state index contributed by atoms with van der Waals surface area (Å²) in [6, 6.07) is 0. The third-order valence-electron chi connectivity index (χ3n) is 1.07. The standard InChI is InChI=1S/C8H17N/c1-7(2)5-8(3)6-9-4/h5,7,9H,6H2,1-4H3/b8-5+. The first-order valence-corrected chi connectivity index (χ1v) is 3.48. The molecule has 54 valence electrons. The fourth-order valence-electron chi connectivity index (χ4n) is 0.907. The van der Waals surface area contributed by atoms with Gasteiger partial charge in [0.15, 0.2) is 0 Å². The summed E-state index contributed by atoms with van der Waals surface area (Å²) in [4.78, 5) is 0. The molecule has 0 heterocycles. The monoisotopic (exact) mass is 127 g/mol. The van der Waals surface area contributed by atoms with Crippen LogP contribution in [0.25, 0.3) is 0 Å². The van der Waals surface area contributed by atoms with E-state index in [1.807, 2.05) is 7.05 Å². The van der Waals surface area contributed by atoms with E-state index in [9.17, 15) is 0 Å². The van der Waals surface area contributed by atoms with Crippen LogP contribution in [0.1, 0.15) is 20.8 Å². The molecule has 0 aliphatic carbocycles. The highest BCUT2D eigenvalue weighted by atomic mass is 14.8. The molecule has 0 aliphatic rings. The highest BCUT2D eigenvalue weighted by Crippen LogP contribution is 1.99. The van der Waals surface area contributed by atoms with Gasteiger partial charge in [-0.3, -0.25) is 0 Å². The lowest BCUT2D eigenvalue weighted by Gasteiger charge is -2.00. The topological polar surface area (TPSA) is 12.0 Å². The lowest BCUT2D eigenvalue weighted by atomic mass is 10.1. The van der Waals surface area contributed by atoms with Crippen LogP contribution in [0.2, 0.25) is 0 Å². The Balaban J connectivity index is 3.55. The molecule has 0 radical (unpaired) electrons. The van der Waals surface area contributed by atoms with E-state index >= 15 is 0 Å². The van der Waals surface area contributed by atoms with Gasteiger partial charge >= 0.3 is 0 Å². The molecule has 0 atom stereocenters. The van der Waals surface area contributed by atoms with Crippen LogP contribution in [0.4, 0.5) is 0 Å². The Morgan fingerprint density at radius 1 is 1.56 bits per heavy atom. The fourth-order valence-corrected chi connectivity index (χ4v) is 0.907. The lowest BCUT2D eigenvalue weighted by Crippen LogP contribution is -2.08. The average Bonchev–Trinajstić information content (AvgIpc) is 1.63. The molecule has 0 aliphatic heterocycles. The Morgan fingerprint density at radius 3 is 2.44 bits per heavy atom. The molecule has 0 aromatic carbocycles. The van der Waals surface area contributed by atoms with Crippen LogP contribution in [0.3, 0.4) is 0 Å². The molecule has 1 heteroatoms. The van der Waals surface area contributed by atoms with Crippen LogP contribution in [-0.4, -0.2) is 13.6 Å². The minimum Gasteiger partial charge on any atom is -0.316 e. The molecule has 1 N–H and O–H groups in total. The third kappa shape index (κ3) is 5.57. The summed E-state index contributed by atoms with van der Waals surface area (Å²) in [7, 11) is 1.97. The molecular formula is C8H17N. The summed E-state index contributed by atoms with van der Waals surface area (Å²) < 4.78 is 0. The number of hydrogen-bond donors (Lipinski definition) is 1. The van der Waals surface area contributed by atoms with Crippen LogP contribution in [-0.2, 0) is 0 Å². The Labute approximate surface area is 58.2 Å². The van der Waals surface area contributed by atoms with Gasteiger partial charge in [0.25, 0.3) is 0 Å². The minimum atomic E-state index is 0.679. The summed E-state index contributed by atoms with van der Waals surface area (Å²) in [5.74, 6) is 0.679. The summed E-state index contributed by atoms with van der Waals surface area (Å²) in [5, 5.41) is 3.10. The van der Waals surface area contributed by atoms with Crippen molar-refractivity contribution in [3.05, 3.63) is 11.6 Å². The molecule has 0 saturated heterocycles. The zero-order valence-corrected chi connectivity index (χ0v) is 6.86. The molecule has 0 amide bonds. The van der Waals surface area contributed by atoms with E-state index in [-0.39, 0.29) is 0 Å². The van der Waals surface area contributed by atoms with Gasteiger partial charge in [-0.25, -0.2) is 0 Å². The minimum absolute atomic E-state index is 0.679. The van der Waals surface area contributed by atoms with Gasteiger partial charge in [0.1, 0.15) is 0 Å². The van der Waals surface area contributed by atoms with Crippen molar-refractivity contribution in [2.75, 3.05) is 13.6 Å². The first kappa shape index (κ1) is 8.70. The van der Waals surface area contributed by atoms with E-state index in [2.05, 4.69) is 32.2 Å². The van der Waals surface area contributed by atoms with Gasteiger partial charge in [-0.15, -0.1) is 0 Å². The molecule has 0 aromatic heterocycles. The van der Waals surface area contributed by atoms with Gasteiger partial charge in [-0.2, -0.15) is 0 Å². The Hall–Kier alpha value is -0.300. The molecule has 0 rings (SSSR count). The Morgan fingerprint density at radius 2 is 2.11 bits per heavy atom. The van der Waals surface area contributed by atoms with Crippen molar-refractivity contribution in [3.8, 4) is 0 Å². The Bertz CT molecular complexity index is 92.7. The largest absolute Gasteiger partial charge is 0.316 e. The molecule has 0 saturated carbocycles. The summed E-state index contributed by atoms with van der Waals surface area (Å²) in [6.07, 6.45) is 2.27. The van der Waals surface area contributed by atoms with Crippen molar-refractivity contribution in [3.63, 3.8) is 0 Å². The predicted molar refractivity (Wildman–Crippen MR) is 42.5 cm³/mol. The summed E-state index contributed by atoms with van der Waals surface area (Å²) in [5.41, 5.74) is 1.42. The van der Waals surface area contributed by atoms with Crippen LogP contribution < -0.4 is 5.32 Å². The summed E-state index contributed by atoms with van der Waals surface area (Å²) in [6.45, 7) is 7.55. The maximum absolute atomic E-state index is 3.10. The molecule has 1 nitrogen and oxygen atoms in total. The first-order valence-electron chi connectivity index (χ1n) is 3.48. The number of allylic oxidation sites excluding steroid dienone is 1. The second-order valence-corrected chi connectivity index (χ2v) is 2.79. The van der Waals surface area contributed by atoms with E-state index in [1.165, 1.54) is 5.57 Å². The quantitative estimate of drug-likeness (QED) is 0.570. The van der Waals surface area contributed by atoms with Gasteiger partial charge in [0.2, 0.25) is 0 Å². The van der Waals surface area contributed by atoms with Gasteiger partial charge in [-0.1, -0.05) is 25.5 Å². The first-order chi connectivity index (χ1) is 4.16. The van der Waals surface area contributed by atoms with Crippen LogP contribution in [0, 0.1) is 5.92 Å². The number of rotatable bonds is 3. The maximum Gasteiger partial charge on any atom is 0.0158 e. The van der Waals surface area contributed by atoms with Gasteiger partial charge in [0.05, 0.1) is 0 Å². The van der Waals surface area contributed by atoms with Crippen molar-refractivity contribution < 1.29 is 0 Å².